The average molecular weight is 361 g/mol. The number of ketones is 1. The number of anilines is 1. The van der Waals surface area contributed by atoms with E-state index in [-0.39, 0.29) is 11.5 Å². The van der Waals surface area contributed by atoms with Crippen LogP contribution < -0.4 is 9.80 Å². The molecule has 0 amide bonds. The Morgan fingerprint density at radius 1 is 1.12 bits per heavy atom. The Morgan fingerprint density at radius 3 is 2.32 bits per heavy atom. The quantitative estimate of drug-likeness (QED) is 0.513. The predicted molar refractivity (Wildman–Crippen MR) is 96.8 cm³/mol. The maximum atomic E-state index is 12.6. The van der Waals surface area contributed by atoms with E-state index in [9.17, 15) is 14.9 Å². The molecule has 0 saturated carbocycles. The van der Waals surface area contributed by atoms with Gasteiger partial charge in [-0.15, -0.1) is 0 Å². The molecule has 130 valence electrons. The third-order valence-corrected chi connectivity index (χ3v) is 4.75. The number of rotatable bonds is 4. The SMILES string of the molecule is C[NH+]1CCN(c2ccc(C(=O)c3ccc(Cl)cc3)cc2[N+](=O)[O-])CC1. The molecular weight excluding hydrogens is 342 g/mol. The number of likely N-dealkylation sites (N-methyl/N-ethyl adjacent to an activating group) is 1. The maximum Gasteiger partial charge on any atom is 0.293 e. The number of hydrogen-bond donors (Lipinski definition) is 1. The number of benzene rings is 2. The minimum absolute atomic E-state index is 0.0284. The molecule has 2 aromatic rings. The summed E-state index contributed by atoms with van der Waals surface area (Å²) in [6, 6.07) is 11.2. The number of nitrogens with one attached hydrogen (secondary N) is 1. The van der Waals surface area contributed by atoms with E-state index in [1.165, 1.54) is 11.0 Å². The van der Waals surface area contributed by atoms with Crippen LogP contribution in [0.1, 0.15) is 15.9 Å². The Bertz CT molecular complexity index is 800. The number of halogens is 1. The fourth-order valence-electron chi connectivity index (χ4n) is 2.98. The second-order valence-electron chi connectivity index (χ2n) is 6.24. The first-order valence-electron chi connectivity index (χ1n) is 8.10. The van der Waals surface area contributed by atoms with Crippen LogP contribution >= 0.6 is 11.6 Å². The molecule has 2 aromatic carbocycles. The third kappa shape index (κ3) is 3.81. The zero-order valence-electron chi connectivity index (χ0n) is 13.9. The van der Waals surface area contributed by atoms with Crippen LogP contribution in [0.4, 0.5) is 11.4 Å². The fraction of sp³-hybridized carbons (Fsp3) is 0.278. The second-order valence-corrected chi connectivity index (χ2v) is 6.68. The largest absolute Gasteiger partial charge is 0.355 e. The molecule has 7 heteroatoms. The summed E-state index contributed by atoms with van der Waals surface area (Å²) in [5.41, 5.74) is 1.30. The number of nitrogens with zero attached hydrogens (tertiary/aromatic N) is 2. The molecule has 0 unspecified atom stereocenters. The van der Waals surface area contributed by atoms with Crippen molar-refractivity contribution in [2.24, 2.45) is 0 Å². The Hall–Kier alpha value is -2.44. The van der Waals surface area contributed by atoms with Gasteiger partial charge in [0.2, 0.25) is 0 Å². The monoisotopic (exact) mass is 360 g/mol. The lowest BCUT2D eigenvalue weighted by Gasteiger charge is -2.31. The number of carbonyl (C=O) groups excluding carboxylic acids is 1. The summed E-state index contributed by atoms with van der Waals surface area (Å²) in [5, 5.41) is 12.1. The van der Waals surface area contributed by atoms with E-state index < -0.39 is 4.92 Å². The van der Waals surface area contributed by atoms with Gasteiger partial charge in [-0.3, -0.25) is 14.9 Å². The molecule has 1 saturated heterocycles. The molecule has 1 aliphatic heterocycles. The van der Waals surface area contributed by atoms with Crippen molar-refractivity contribution in [1.29, 1.82) is 0 Å². The minimum atomic E-state index is -0.418. The first-order chi connectivity index (χ1) is 12.0. The summed E-state index contributed by atoms with van der Waals surface area (Å²) < 4.78 is 0. The van der Waals surface area contributed by atoms with Gasteiger partial charge in [0.1, 0.15) is 5.69 Å². The van der Waals surface area contributed by atoms with Crippen molar-refractivity contribution in [3.8, 4) is 0 Å². The Morgan fingerprint density at radius 2 is 1.72 bits per heavy atom. The van der Waals surface area contributed by atoms with Crippen molar-refractivity contribution >= 4 is 28.8 Å². The molecule has 1 heterocycles. The van der Waals surface area contributed by atoms with Crippen LogP contribution in [-0.2, 0) is 0 Å². The molecule has 0 aromatic heterocycles. The van der Waals surface area contributed by atoms with Gasteiger partial charge in [0.15, 0.2) is 5.78 Å². The topological polar surface area (TPSA) is 67.9 Å². The fourth-order valence-corrected chi connectivity index (χ4v) is 3.10. The zero-order valence-corrected chi connectivity index (χ0v) is 14.6. The van der Waals surface area contributed by atoms with Gasteiger partial charge in [-0.2, -0.15) is 0 Å². The van der Waals surface area contributed by atoms with Gasteiger partial charge in [0.25, 0.3) is 5.69 Å². The summed E-state index contributed by atoms with van der Waals surface area (Å²) in [7, 11) is 2.11. The summed E-state index contributed by atoms with van der Waals surface area (Å²) in [6.07, 6.45) is 0. The Labute approximate surface area is 150 Å². The third-order valence-electron chi connectivity index (χ3n) is 4.50. The van der Waals surface area contributed by atoms with Gasteiger partial charge in [0, 0.05) is 22.2 Å². The van der Waals surface area contributed by atoms with Crippen molar-refractivity contribution < 1.29 is 14.6 Å². The van der Waals surface area contributed by atoms with E-state index in [4.69, 9.17) is 11.6 Å². The second kappa shape index (κ2) is 7.21. The lowest BCUT2D eigenvalue weighted by molar-refractivity contribution is -0.880. The van der Waals surface area contributed by atoms with Crippen LogP contribution in [0.5, 0.6) is 0 Å². The lowest BCUT2D eigenvalue weighted by atomic mass is 10.0. The number of carbonyl (C=O) groups is 1. The maximum absolute atomic E-state index is 12.6. The molecule has 0 radical (unpaired) electrons. The van der Waals surface area contributed by atoms with Gasteiger partial charge >= 0.3 is 0 Å². The van der Waals surface area contributed by atoms with Crippen molar-refractivity contribution in [3.63, 3.8) is 0 Å². The molecule has 1 N–H and O–H groups in total. The van der Waals surface area contributed by atoms with Crippen LogP contribution in [0.3, 0.4) is 0 Å². The molecule has 3 rings (SSSR count). The smallest absolute Gasteiger partial charge is 0.293 e. The van der Waals surface area contributed by atoms with Crippen LogP contribution in [0.25, 0.3) is 0 Å². The number of piperazine rings is 1. The highest BCUT2D eigenvalue weighted by molar-refractivity contribution is 6.30. The first kappa shape index (κ1) is 17.4. The van der Waals surface area contributed by atoms with E-state index in [2.05, 4.69) is 7.05 Å². The summed E-state index contributed by atoms with van der Waals surface area (Å²) >= 11 is 5.84. The standard InChI is InChI=1S/C18H18ClN3O3/c1-20-8-10-21(11-9-20)16-7-4-14(12-17(16)22(24)25)18(23)13-2-5-15(19)6-3-13/h2-7,12H,8-11H2,1H3/p+1. The zero-order chi connectivity index (χ0) is 18.0. The number of nitro groups is 1. The van der Waals surface area contributed by atoms with E-state index in [1.54, 1.807) is 36.4 Å². The van der Waals surface area contributed by atoms with E-state index in [0.717, 1.165) is 26.2 Å². The molecule has 0 spiro atoms. The highest BCUT2D eigenvalue weighted by Gasteiger charge is 2.25. The highest BCUT2D eigenvalue weighted by Crippen LogP contribution is 2.30. The van der Waals surface area contributed by atoms with Crippen molar-refractivity contribution in [2.75, 3.05) is 38.1 Å². The van der Waals surface area contributed by atoms with E-state index >= 15 is 0 Å². The van der Waals surface area contributed by atoms with Gasteiger partial charge in [-0.05, 0) is 36.4 Å². The van der Waals surface area contributed by atoms with Crippen molar-refractivity contribution in [2.45, 2.75) is 0 Å². The molecule has 1 fully saturated rings. The number of quaternary nitrogens is 1. The normalized spacial score (nSPS) is 15.2. The highest BCUT2D eigenvalue weighted by atomic mass is 35.5. The lowest BCUT2D eigenvalue weighted by Crippen LogP contribution is -3.12. The van der Waals surface area contributed by atoms with Crippen LogP contribution in [-0.4, -0.2) is 43.9 Å². The van der Waals surface area contributed by atoms with Crippen LogP contribution in [0.2, 0.25) is 5.02 Å². The Balaban J connectivity index is 1.92. The molecule has 0 bridgehead atoms. The molecule has 1 aliphatic rings. The Kier molecular flexibility index (Phi) is 5.01. The van der Waals surface area contributed by atoms with Crippen LogP contribution in [0, 0.1) is 10.1 Å². The predicted octanol–water partition coefficient (Wildman–Crippen LogP) is 1.81. The van der Waals surface area contributed by atoms with Crippen molar-refractivity contribution in [3.05, 3.63) is 68.7 Å². The van der Waals surface area contributed by atoms with Gasteiger partial charge in [0.05, 0.1) is 38.2 Å². The van der Waals surface area contributed by atoms with Crippen molar-refractivity contribution in [1.82, 2.24) is 0 Å². The molecule has 25 heavy (non-hydrogen) atoms. The average Bonchev–Trinajstić information content (AvgIpc) is 2.62. The summed E-state index contributed by atoms with van der Waals surface area (Å²) in [4.78, 5) is 27.1. The summed E-state index contributed by atoms with van der Waals surface area (Å²) in [5.74, 6) is -0.255. The molecule has 0 atom stereocenters. The molecule has 0 aliphatic carbocycles. The number of hydrogen-bond acceptors (Lipinski definition) is 4. The molecule has 6 nitrogen and oxygen atoms in total. The minimum Gasteiger partial charge on any atom is -0.355 e. The first-order valence-corrected chi connectivity index (χ1v) is 8.48. The number of nitro benzene ring substituents is 1. The molecular formula is C18H19ClN3O3+. The van der Waals surface area contributed by atoms with E-state index in [0.29, 0.717) is 21.8 Å². The van der Waals surface area contributed by atoms with Gasteiger partial charge in [-0.1, -0.05) is 11.6 Å². The van der Waals surface area contributed by atoms with E-state index in [1.807, 2.05) is 4.90 Å². The van der Waals surface area contributed by atoms with Crippen LogP contribution in [0.15, 0.2) is 42.5 Å². The van der Waals surface area contributed by atoms with Gasteiger partial charge in [-0.25, -0.2) is 0 Å². The summed E-state index contributed by atoms with van der Waals surface area (Å²) in [6.45, 7) is 3.39. The van der Waals surface area contributed by atoms with Gasteiger partial charge < -0.3 is 9.80 Å².